The molecular formula is C16H16N4O2S3. The minimum atomic E-state index is -0.0332. The highest BCUT2D eigenvalue weighted by Gasteiger charge is 2.09. The quantitative estimate of drug-likeness (QED) is 0.621. The lowest BCUT2D eigenvalue weighted by atomic mass is 10.2. The molecule has 2 heterocycles. The first kappa shape index (κ1) is 17.8. The molecule has 0 spiro atoms. The Morgan fingerprint density at radius 1 is 1.32 bits per heavy atom. The third kappa shape index (κ3) is 5.00. The van der Waals surface area contributed by atoms with Crippen LogP contribution in [0.3, 0.4) is 0 Å². The highest BCUT2D eigenvalue weighted by molar-refractivity contribution is 8.01. The van der Waals surface area contributed by atoms with E-state index < -0.39 is 0 Å². The normalized spacial score (nSPS) is 10.6. The summed E-state index contributed by atoms with van der Waals surface area (Å²) in [7, 11) is 1.64. The smallest absolute Gasteiger partial charge is 0.230 e. The Bertz CT molecular complexity index is 862. The average Bonchev–Trinajstić information content (AvgIpc) is 3.27. The Labute approximate surface area is 157 Å². The van der Waals surface area contributed by atoms with Crippen molar-refractivity contribution in [1.82, 2.24) is 20.5 Å². The van der Waals surface area contributed by atoms with Gasteiger partial charge in [0.1, 0.15) is 15.8 Å². The number of thioether (sulfide) groups is 1. The zero-order valence-corrected chi connectivity index (χ0v) is 16.1. The van der Waals surface area contributed by atoms with Crippen molar-refractivity contribution in [2.45, 2.75) is 17.8 Å². The van der Waals surface area contributed by atoms with Crippen LogP contribution in [-0.2, 0) is 11.3 Å². The molecule has 0 saturated heterocycles. The number of aromatic nitrogens is 3. The van der Waals surface area contributed by atoms with E-state index in [1.165, 1.54) is 23.1 Å². The molecule has 0 aliphatic rings. The fourth-order valence-electron chi connectivity index (χ4n) is 1.98. The van der Waals surface area contributed by atoms with E-state index in [4.69, 9.17) is 4.74 Å². The molecule has 2 aromatic heterocycles. The Hall–Kier alpha value is -1.97. The van der Waals surface area contributed by atoms with Gasteiger partial charge in [-0.1, -0.05) is 35.2 Å². The minimum Gasteiger partial charge on any atom is -0.497 e. The molecule has 25 heavy (non-hydrogen) atoms. The van der Waals surface area contributed by atoms with Crippen LogP contribution in [-0.4, -0.2) is 34.0 Å². The number of carbonyl (C=O) groups excluding carboxylic acids is 1. The summed E-state index contributed by atoms with van der Waals surface area (Å²) in [5.74, 6) is 1.09. The number of nitrogens with zero attached hydrogens (tertiary/aromatic N) is 3. The summed E-state index contributed by atoms with van der Waals surface area (Å²) in [6, 6.07) is 7.77. The van der Waals surface area contributed by atoms with Crippen molar-refractivity contribution in [1.29, 1.82) is 0 Å². The molecule has 1 amide bonds. The van der Waals surface area contributed by atoms with E-state index in [1.807, 2.05) is 31.2 Å². The zero-order chi connectivity index (χ0) is 17.6. The van der Waals surface area contributed by atoms with Crippen LogP contribution in [0.5, 0.6) is 5.75 Å². The van der Waals surface area contributed by atoms with Crippen molar-refractivity contribution in [2.75, 3.05) is 12.9 Å². The Morgan fingerprint density at radius 3 is 2.96 bits per heavy atom. The number of amides is 1. The molecule has 3 aromatic rings. The zero-order valence-electron chi connectivity index (χ0n) is 13.7. The molecule has 3 rings (SSSR count). The second-order valence-electron chi connectivity index (χ2n) is 5.02. The minimum absolute atomic E-state index is 0.0332. The monoisotopic (exact) mass is 392 g/mol. The van der Waals surface area contributed by atoms with Crippen LogP contribution in [0.25, 0.3) is 10.6 Å². The van der Waals surface area contributed by atoms with Crippen molar-refractivity contribution in [3.8, 4) is 16.3 Å². The largest absolute Gasteiger partial charge is 0.497 e. The molecule has 0 saturated carbocycles. The summed E-state index contributed by atoms with van der Waals surface area (Å²) in [6.45, 7) is 2.36. The number of hydrogen-bond acceptors (Lipinski definition) is 8. The van der Waals surface area contributed by atoms with Crippen LogP contribution in [0.1, 0.15) is 9.88 Å². The first-order valence-corrected chi connectivity index (χ1v) is 10.0. The molecule has 1 aromatic carbocycles. The number of methoxy groups -OCH3 is 1. The second kappa shape index (κ2) is 8.41. The van der Waals surface area contributed by atoms with Crippen LogP contribution in [0, 0.1) is 6.92 Å². The van der Waals surface area contributed by atoms with Crippen molar-refractivity contribution in [3.05, 3.63) is 40.3 Å². The van der Waals surface area contributed by atoms with Gasteiger partial charge >= 0.3 is 0 Å². The van der Waals surface area contributed by atoms with E-state index >= 15 is 0 Å². The third-order valence-corrected chi connectivity index (χ3v) is 6.18. The van der Waals surface area contributed by atoms with Gasteiger partial charge in [-0.2, -0.15) is 0 Å². The number of ether oxygens (including phenoxy) is 1. The highest BCUT2D eigenvalue weighted by Crippen LogP contribution is 2.28. The molecule has 0 atom stereocenters. The average molecular weight is 393 g/mol. The van der Waals surface area contributed by atoms with Gasteiger partial charge < -0.3 is 10.1 Å². The number of hydrogen-bond donors (Lipinski definition) is 1. The summed E-state index contributed by atoms with van der Waals surface area (Å²) in [4.78, 5) is 17.4. The second-order valence-corrected chi connectivity index (χ2v) is 8.54. The lowest BCUT2D eigenvalue weighted by Crippen LogP contribution is -2.24. The standard InChI is InChI=1S/C16H16N4O2S3/c1-10-19-20-16(24-10)23-9-14(21)17-7-13-8-18-15(25-13)11-4-3-5-12(6-11)22-2/h3-6,8H,7,9H2,1-2H3,(H,17,21). The summed E-state index contributed by atoms with van der Waals surface area (Å²) in [5, 5.41) is 12.6. The molecule has 1 N–H and O–H groups in total. The van der Waals surface area contributed by atoms with Gasteiger partial charge in [0.2, 0.25) is 5.91 Å². The molecule has 0 aliphatic heterocycles. The third-order valence-electron chi connectivity index (χ3n) is 3.16. The molecule has 0 fully saturated rings. The van der Waals surface area contributed by atoms with Gasteiger partial charge in [0.25, 0.3) is 0 Å². The summed E-state index contributed by atoms with van der Waals surface area (Å²) in [6.07, 6.45) is 1.79. The van der Waals surface area contributed by atoms with Crippen LogP contribution < -0.4 is 10.1 Å². The van der Waals surface area contributed by atoms with Gasteiger partial charge in [-0.15, -0.1) is 21.5 Å². The van der Waals surface area contributed by atoms with E-state index in [0.717, 1.165) is 30.5 Å². The van der Waals surface area contributed by atoms with Gasteiger partial charge in [-0.05, 0) is 19.1 Å². The predicted molar refractivity (Wildman–Crippen MR) is 101 cm³/mol. The summed E-state index contributed by atoms with van der Waals surface area (Å²) in [5.41, 5.74) is 1.00. The van der Waals surface area contributed by atoms with Gasteiger partial charge in [0, 0.05) is 16.6 Å². The first-order valence-electron chi connectivity index (χ1n) is 7.43. The number of benzene rings is 1. The number of aryl methyl sites for hydroxylation is 1. The van der Waals surface area contributed by atoms with Gasteiger partial charge in [0.15, 0.2) is 4.34 Å². The Morgan fingerprint density at radius 2 is 2.20 bits per heavy atom. The Balaban J connectivity index is 1.51. The van der Waals surface area contributed by atoms with Crippen molar-refractivity contribution < 1.29 is 9.53 Å². The van der Waals surface area contributed by atoms with Gasteiger partial charge in [-0.25, -0.2) is 4.98 Å². The van der Waals surface area contributed by atoms with Crippen LogP contribution >= 0.6 is 34.4 Å². The summed E-state index contributed by atoms with van der Waals surface area (Å²) >= 11 is 4.44. The van der Waals surface area contributed by atoms with E-state index in [-0.39, 0.29) is 5.91 Å². The maximum atomic E-state index is 11.9. The molecule has 0 bridgehead atoms. The van der Waals surface area contributed by atoms with E-state index in [0.29, 0.717) is 12.3 Å². The molecule has 0 aliphatic carbocycles. The van der Waals surface area contributed by atoms with Crippen LogP contribution in [0.15, 0.2) is 34.8 Å². The molecule has 0 radical (unpaired) electrons. The Kier molecular flexibility index (Phi) is 6.00. The SMILES string of the molecule is COc1cccc(-c2ncc(CNC(=O)CSc3nnc(C)s3)s2)c1. The molecule has 6 nitrogen and oxygen atoms in total. The molecule has 0 unspecified atom stereocenters. The number of nitrogens with one attached hydrogen (secondary N) is 1. The van der Waals surface area contributed by atoms with Gasteiger partial charge in [-0.3, -0.25) is 4.79 Å². The number of carbonyl (C=O) groups is 1. The van der Waals surface area contributed by atoms with E-state index in [2.05, 4.69) is 20.5 Å². The van der Waals surface area contributed by atoms with Crippen molar-refractivity contribution in [2.24, 2.45) is 0 Å². The lowest BCUT2D eigenvalue weighted by Gasteiger charge is -2.02. The fraction of sp³-hybridized carbons (Fsp3) is 0.250. The maximum absolute atomic E-state index is 11.9. The van der Waals surface area contributed by atoms with Crippen molar-refractivity contribution in [3.63, 3.8) is 0 Å². The van der Waals surface area contributed by atoms with E-state index in [1.54, 1.807) is 24.6 Å². The number of thiazole rings is 1. The first-order chi connectivity index (χ1) is 12.1. The predicted octanol–water partition coefficient (Wildman–Crippen LogP) is 3.39. The fourth-order valence-corrected chi connectivity index (χ4v) is 4.47. The molecular weight excluding hydrogens is 376 g/mol. The summed E-state index contributed by atoms with van der Waals surface area (Å²) < 4.78 is 6.05. The van der Waals surface area contributed by atoms with Crippen molar-refractivity contribution >= 4 is 40.3 Å². The number of rotatable bonds is 7. The highest BCUT2D eigenvalue weighted by atomic mass is 32.2. The molecule has 130 valence electrons. The van der Waals surface area contributed by atoms with Gasteiger partial charge in [0.05, 0.1) is 19.4 Å². The van der Waals surface area contributed by atoms with Crippen LogP contribution in [0.4, 0.5) is 0 Å². The van der Waals surface area contributed by atoms with Crippen LogP contribution in [0.2, 0.25) is 0 Å². The topological polar surface area (TPSA) is 77.0 Å². The van der Waals surface area contributed by atoms with E-state index in [9.17, 15) is 4.79 Å². The molecule has 9 heteroatoms. The lowest BCUT2D eigenvalue weighted by molar-refractivity contribution is -0.118. The maximum Gasteiger partial charge on any atom is 0.230 e.